The molecule has 154 valence electrons. The first-order valence-electron chi connectivity index (χ1n) is 9.96. The van der Waals surface area contributed by atoms with Crippen LogP contribution in [0.5, 0.6) is 0 Å². The molecule has 30 heavy (non-hydrogen) atoms. The Balaban J connectivity index is 1.34. The third-order valence-corrected chi connectivity index (χ3v) is 5.84. The number of nitrogens with one attached hydrogen (secondary N) is 1. The maximum atomic E-state index is 12.8. The lowest BCUT2D eigenvalue weighted by Crippen LogP contribution is -2.52. The number of piperidine rings is 1. The Morgan fingerprint density at radius 1 is 1.13 bits per heavy atom. The number of carbonyl (C=O) groups is 4. The predicted molar refractivity (Wildman–Crippen MR) is 102 cm³/mol. The van der Waals surface area contributed by atoms with E-state index in [1.54, 1.807) is 27.9 Å². The summed E-state index contributed by atoms with van der Waals surface area (Å²) in [4.78, 5) is 51.4. The van der Waals surface area contributed by atoms with Gasteiger partial charge in [0.2, 0.25) is 17.7 Å². The zero-order valence-corrected chi connectivity index (χ0v) is 16.2. The Morgan fingerprint density at radius 2 is 2.00 bits per heavy atom. The van der Waals surface area contributed by atoms with Gasteiger partial charge in [0, 0.05) is 31.5 Å². The Hall–Kier alpha value is -3.56. The molecule has 0 radical (unpaired) electrons. The van der Waals surface area contributed by atoms with Crippen LogP contribution in [0.1, 0.15) is 47.3 Å². The highest BCUT2D eigenvalue weighted by molar-refractivity contribution is 6.05. The molecule has 4 heterocycles. The van der Waals surface area contributed by atoms with Crippen molar-refractivity contribution in [3.05, 3.63) is 41.2 Å². The highest BCUT2D eigenvalue weighted by Crippen LogP contribution is 2.29. The fourth-order valence-corrected chi connectivity index (χ4v) is 4.27. The average molecular weight is 408 g/mol. The van der Waals surface area contributed by atoms with Crippen molar-refractivity contribution < 1.29 is 19.2 Å². The van der Waals surface area contributed by atoms with E-state index in [1.165, 1.54) is 4.90 Å². The zero-order valence-electron chi connectivity index (χ0n) is 16.2. The van der Waals surface area contributed by atoms with Crippen LogP contribution in [0.2, 0.25) is 0 Å². The molecule has 5 rings (SSSR count). The van der Waals surface area contributed by atoms with Crippen molar-refractivity contribution in [1.82, 2.24) is 30.1 Å². The minimum atomic E-state index is -0.637. The summed E-state index contributed by atoms with van der Waals surface area (Å²) in [6, 6.07) is 4.73. The Labute approximate surface area is 171 Å². The van der Waals surface area contributed by atoms with Gasteiger partial charge < -0.3 is 9.80 Å². The van der Waals surface area contributed by atoms with Crippen molar-refractivity contribution in [1.29, 1.82) is 0 Å². The molecule has 0 bridgehead atoms. The number of likely N-dealkylation sites (tertiary alicyclic amines) is 1. The van der Waals surface area contributed by atoms with Gasteiger partial charge in [-0.1, -0.05) is 5.21 Å². The van der Waals surface area contributed by atoms with E-state index in [2.05, 4.69) is 15.6 Å². The van der Waals surface area contributed by atoms with Gasteiger partial charge in [-0.15, -0.1) is 5.10 Å². The summed E-state index contributed by atoms with van der Waals surface area (Å²) in [5, 5.41) is 10.6. The predicted octanol–water partition coefficient (Wildman–Crippen LogP) is 0.151. The third-order valence-electron chi connectivity index (χ3n) is 5.84. The summed E-state index contributed by atoms with van der Waals surface area (Å²) < 4.78 is 1.62. The Kier molecular flexibility index (Phi) is 4.34. The summed E-state index contributed by atoms with van der Waals surface area (Å²) in [6.45, 7) is 1.48. The number of rotatable bonds is 4. The zero-order chi connectivity index (χ0) is 20.8. The average Bonchev–Trinajstić information content (AvgIpc) is 3.43. The number of fused-ring (bicyclic) bond motifs is 1. The summed E-state index contributed by atoms with van der Waals surface area (Å²) in [7, 11) is 0. The number of amides is 4. The maximum absolute atomic E-state index is 12.8. The summed E-state index contributed by atoms with van der Waals surface area (Å²) in [5.41, 5.74) is 2.80. The number of hydrogen-bond acceptors (Lipinski definition) is 6. The SMILES string of the molecule is O=C1CCC(N2Cc3cc(-n4cc(CN5CCCC5=O)nn4)ccc3C2=O)C(=O)N1. The standard InChI is InChI=1S/C20H20N6O4/c27-17-6-5-16(19(29)21-17)25-9-12-8-14(3-4-15(12)20(25)30)26-11-13(22-23-26)10-24-7-1-2-18(24)28/h3-4,8,11,16H,1-2,5-7,9-10H2,(H,21,27,29). The molecule has 1 aromatic heterocycles. The molecule has 1 N–H and O–H groups in total. The first-order valence-corrected chi connectivity index (χ1v) is 9.96. The molecule has 1 aromatic carbocycles. The number of benzene rings is 1. The van der Waals surface area contributed by atoms with Crippen LogP contribution in [0.4, 0.5) is 0 Å². The Morgan fingerprint density at radius 3 is 2.77 bits per heavy atom. The number of aromatic nitrogens is 3. The van der Waals surface area contributed by atoms with E-state index in [4.69, 9.17) is 0 Å². The number of hydrogen-bond donors (Lipinski definition) is 1. The summed E-state index contributed by atoms with van der Waals surface area (Å²) >= 11 is 0. The van der Waals surface area contributed by atoms with Crippen LogP contribution >= 0.6 is 0 Å². The van der Waals surface area contributed by atoms with E-state index >= 15 is 0 Å². The molecular weight excluding hydrogens is 388 g/mol. The normalized spacial score (nSPS) is 21.4. The molecule has 1 atom stereocenters. The van der Waals surface area contributed by atoms with Crippen LogP contribution in [0, 0.1) is 0 Å². The van der Waals surface area contributed by atoms with E-state index in [-0.39, 0.29) is 24.1 Å². The fourth-order valence-electron chi connectivity index (χ4n) is 4.27. The van der Waals surface area contributed by atoms with Gasteiger partial charge in [-0.3, -0.25) is 24.5 Å². The lowest BCUT2D eigenvalue weighted by atomic mass is 10.0. The maximum Gasteiger partial charge on any atom is 0.255 e. The largest absolute Gasteiger partial charge is 0.337 e. The molecule has 0 spiro atoms. The van der Waals surface area contributed by atoms with E-state index in [1.807, 2.05) is 6.07 Å². The van der Waals surface area contributed by atoms with Crippen molar-refractivity contribution in [3.8, 4) is 5.69 Å². The van der Waals surface area contributed by atoms with Crippen LogP contribution in [0.15, 0.2) is 24.4 Å². The van der Waals surface area contributed by atoms with Gasteiger partial charge in [0.1, 0.15) is 11.7 Å². The molecule has 0 aliphatic carbocycles. The van der Waals surface area contributed by atoms with Gasteiger partial charge in [0.05, 0.1) is 18.4 Å². The molecule has 10 heteroatoms. The Bertz CT molecular complexity index is 1080. The number of carbonyl (C=O) groups excluding carboxylic acids is 4. The molecule has 3 aliphatic heterocycles. The van der Waals surface area contributed by atoms with Crippen molar-refractivity contribution in [3.63, 3.8) is 0 Å². The minimum absolute atomic E-state index is 0.133. The molecule has 1 unspecified atom stereocenters. The van der Waals surface area contributed by atoms with Gasteiger partial charge in [-0.25, -0.2) is 4.68 Å². The van der Waals surface area contributed by atoms with E-state index in [0.717, 1.165) is 24.2 Å². The fraction of sp³-hybridized carbons (Fsp3) is 0.400. The molecule has 2 fully saturated rings. The first-order chi connectivity index (χ1) is 14.5. The second-order valence-electron chi connectivity index (χ2n) is 7.81. The van der Waals surface area contributed by atoms with Gasteiger partial charge >= 0.3 is 0 Å². The van der Waals surface area contributed by atoms with Crippen LogP contribution in [0.3, 0.4) is 0 Å². The minimum Gasteiger partial charge on any atom is -0.337 e. The van der Waals surface area contributed by atoms with Crippen LogP contribution < -0.4 is 5.32 Å². The molecule has 3 aliphatic rings. The van der Waals surface area contributed by atoms with E-state index in [9.17, 15) is 19.2 Å². The van der Waals surface area contributed by atoms with E-state index in [0.29, 0.717) is 37.2 Å². The van der Waals surface area contributed by atoms with Crippen LogP contribution in [0.25, 0.3) is 5.69 Å². The molecule has 4 amide bonds. The van der Waals surface area contributed by atoms with Crippen LogP contribution in [-0.4, -0.2) is 61.0 Å². The first kappa shape index (κ1) is 18.5. The summed E-state index contributed by atoms with van der Waals surface area (Å²) in [5.74, 6) is -0.808. The molecular formula is C20H20N6O4. The van der Waals surface area contributed by atoms with Crippen molar-refractivity contribution in [2.45, 2.75) is 44.8 Å². The lowest BCUT2D eigenvalue weighted by Gasteiger charge is -2.29. The molecule has 2 saturated heterocycles. The van der Waals surface area contributed by atoms with Gasteiger partial charge in [-0.05, 0) is 36.6 Å². The highest BCUT2D eigenvalue weighted by Gasteiger charge is 2.39. The smallest absolute Gasteiger partial charge is 0.255 e. The van der Waals surface area contributed by atoms with Crippen molar-refractivity contribution in [2.75, 3.05) is 6.54 Å². The molecule has 10 nitrogen and oxygen atoms in total. The van der Waals surface area contributed by atoms with Crippen molar-refractivity contribution >= 4 is 23.6 Å². The molecule has 0 saturated carbocycles. The second-order valence-corrected chi connectivity index (χ2v) is 7.81. The van der Waals surface area contributed by atoms with Crippen LogP contribution in [-0.2, 0) is 27.5 Å². The lowest BCUT2D eigenvalue weighted by molar-refractivity contribution is -0.137. The van der Waals surface area contributed by atoms with Gasteiger partial charge in [-0.2, -0.15) is 0 Å². The monoisotopic (exact) mass is 408 g/mol. The summed E-state index contributed by atoms with van der Waals surface area (Å²) in [6.07, 6.45) is 3.79. The van der Waals surface area contributed by atoms with E-state index < -0.39 is 11.9 Å². The number of imide groups is 1. The van der Waals surface area contributed by atoms with Crippen molar-refractivity contribution in [2.24, 2.45) is 0 Å². The highest BCUT2D eigenvalue weighted by atomic mass is 16.2. The topological polar surface area (TPSA) is 118 Å². The second kappa shape index (κ2) is 7.05. The third kappa shape index (κ3) is 3.14. The molecule has 2 aromatic rings. The van der Waals surface area contributed by atoms with Gasteiger partial charge in [0.25, 0.3) is 5.91 Å². The number of nitrogens with zero attached hydrogens (tertiary/aromatic N) is 5. The quantitative estimate of drug-likeness (QED) is 0.720. The van der Waals surface area contributed by atoms with Gasteiger partial charge in [0.15, 0.2) is 0 Å².